The number of aliphatic carboxylic acids is 1. The second kappa shape index (κ2) is 4.50. The van der Waals surface area contributed by atoms with Crippen molar-refractivity contribution >= 4 is 17.6 Å². The highest BCUT2D eigenvalue weighted by Gasteiger charge is 2.35. The van der Waals surface area contributed by atoms with Crippen molar-refractivity contribution in [3.05, 3.63) is 34.6 Å². The van der Waals surface area contributed by atoms with E-state index in [4.69, 9.17) is 22.0 Å². The number of carboxylic acid groups (broad SMARTS) is 1. The summed E-state index contributed by atoms with van der Waals surface area (Å²) in [5, 5.41) is 17.8. The summed E-state index contributed by atoms with van der Waals surface area (Å²) in [5.74, 6) is -1.90. The molecule has 1 atom stereocenters. The molecule has 5 heteroatoms. The van der Waals surface area contributed by atoms with Crippen LogP contribution in [0.5, 0.6) is 0 Å². The van der Waals surface area contributed by atoms with Crippen molar-refractivity contribution in [2.75, 3.05) is 0 Å². The van der Waals surface area contributed by atoms with Crippen molar-refractivity contribution in [3.8, 4) is 6.07 Å². The molecule has 16 heavy (non-hydrogen) atoms. The van der Waals surface area contributed by atoms with Gasteiger partial charge in [-0.2, -0.15) is 5.26 Å². The Kier molecular flexibility index (Phi) is 3.51. The summed E-state index contributed by atoms with van der Waals surface area (Å²) in [7, 11) is 0. The third-order valence-electron chi connectivity index (χ3n) is 2.31. The van der Waals surface area contributed by atoms with E-state index in [2.05, 4.69) is 0 Å². The van der Waals surface area contributed by atoms with Crippen LogP contribution < -0.4 is 0 Å². The molecule has 1 rings (SSSR count). The molecule has 0 heterocycles. The van der Waals surface area contributed by atoms with Crippen LogP contribution in [0.3, 0.4) is 0 Å². The van der Waals surface area contributed by atoms with Gasteiger partial charge >= 0.3 is 5.97 Å². The lowest BCUT2D eigenvalue weighted by atomic mass is 9.85. The number of hydrogen-bond acceptors (Lipinski definition) is 2. The first kappa shape index (κ1) is 12.5. The zero-order valence-corrected chi connectivity index (χ0v) is 9.25. The molecule has 0 saturated heterocycles. The lowest BCUT2D eigenvalue weighted by Gasteiger charge is -2.17. The van der Waals surface area contributed by atoms with Crippen LogP contribution in [0.25, 0.3) is 0 Å². The summed E-state index contributed by atoms with van der Waals surface area (Å²) >= 11 is 5.75. The van der Waals surface area contributed by atoms with Crippen LogP contribution in [-0.2, 0) is 11.2 Å². The minimum atomic E-state index is -1.67. The van der Waals surface area contributed by atoms with Gasteiger partial charge in [-0.15, -0.1) is 0 Å². The average Bonchev–Trinajstić information content (AvgIpc) is 2.23. The van der Waals surface area contributed by atoms with E-state index in [1.54, 1.807) is 6.07 Å². The molecule has 0 aliphatic rings. The molecule has 0 bridgehead atoms. The smallest absolute Gasteiger partial charge is 0.324 e. The van der Waals surface area contributed by atoms with Crippen LogP contribution in [0, 0.1) is 22.6 Å². The van der Waals surface area contributed by atoms with Gasteiger partial charge in [-0.05, 0) is 19.1 Å². The summed E-state index contributed by atoms with van der Waals surface area (Å²) in [4.78, 5) is 10.9. The first-order valence-electron chi connectivity index (χ1n) is 4.48. The molecule has 3 nitrogen and oxygen atoms in total. The molecule has 0 spiro atoms. The Morgan fingerprint density at radius 1 is 1.69 bits per heavy atom. The minimum Gasteiger partial charge on any atom is -0.480 e. The summed E-state index contributed by atoms with van der Waals surface area (Å²) in [6.07, 6.45) is -0.260. The van der Waals surface area contributed by atoms with Gasteiger partial charge < -0.3 is 5.11 Å². The number of nitriles is 1. The summed E-state index contributed by atoms with van der Waals surface area (Å²) in [6, 6.07) is 5.72. The highest BCUT2D eigenvalue weighted by molar-refractivity contribution is 6.31. The molecule has 0 aliphatic carbocycles. The van der Waals surface area contributed by atoms with E-state index in [0.29, 0.717) is 0 Å². The Labute approximate surface area is 97.1 Å². The van der Waals surface area contributed by atoms with Crippen molar-refractivity contribution < 1.29 is 14.3 Å². The van der Waals surface area contributed by atoms with E-state index in [1.807, 2.05) is 0 Å². The number of carbonyl (C=O) groups is 1. The fourth-order valence-electron chi connectivity index (χ4n) is 1.22. The predicted octanol–water partition coefficient (Wildman–Crippen LogP) is 2.64. The number of rotatable bonds is 3. The zero-order valence-electron chi connectivity index (χ0n) is 8.50. The van der Waals surface area contributed by atoms with Gasteiger partial charge in [-0.3, -0.25) is 4.79 Å². The lowest BCUT2D eigenvalue weighted by molar-refractivity contribution is -0.144. The normalized spacial score (nSPS) is 13.9. The standard InChI is InChI=1S/C11H9ClFNO2/c1-11(6-14,10(15)16)5-7-8(12)3-2-4-9(7)13/h2-4H,5H2,1H3,(H,15,16)/t11-/m1/s1. The average molecular weight is 242 g/mol. The van der Waals surface area contributed by atoms with Crippen molar-refractivity contribution in [1.29, 1.82) is 5.26 Å². The second-order valence-electron chi connectivity index (χ2n) is 3.63. The van der Waals surface area contributed by atoms with E-state index >= 15 is 0 Å². The molecule has 0 aromatic heterocycles. The molecular weight excluding hydrogens is 233 g/mol. The van der Waals surface area contributed by atoms with Gasteiger partial charge in [0.05, 0.1) is 6.07 Å². The van der Waals surface area contributed by atoms with E-state index in [9.17, 15) is 9.18 Å². The van der Waals surface area contributed by atoms with Crippen LogP contribution >= 0.6 is 11.6 Å². The van der Waals surface area contributed by atoms with E-state index in [1.165, 1.54) is 25.1 Å². The van der Waals surface area contributed by atoms with E-state index in [-0.39, 0.29) is 17.0 Å². The minimum absolute atomic E-state index is 0.0515. The van der Waals surface area contributed by atoms with Crippen molar-refractivity contribution in [2.45, 2.75) is 13.3 Å². The van der Waals surface area contributed by atoms with Gasteiger partial charge in [0.25, 0.3) is 0 Å². The maximum Gasteiger partial charge on any atom is 0.324 e. The molecule has 0 unspecified atom stereocenters. The number of halogens is 2. The molecule has 0 fully saturated rings. The topological polar surface area (TPSA) is 61.1 Å². The lowest BCUT2D eigenvalue weighted by Crippen LogP contribution is -2.28. The first-order valence-corrected chi connectivity index (χ1v) is 4.86. The molecule has 84 valence electrons. The highest BCUT2D eigenvalue weighted by Crippen LogP contribution is 2.28. The molecule has 0 amide bonds. The Morgan fingerprint density at radius 3 is 2.75 bits per heavy atom. The first-order chi connectivity index (χ1) is 7.40. The van der Waals surface area contributed by atoms with E-state index in [0.717, 1.165) is 0 Å². The molecule has 1 aromatic rings. The van der Waals surface area contributed by atoms with Crippen LogP contribution in [-0.4, -0.2) is 11.1 Å². The summed E-state index contributed by atoms with van der Waals surface area (Å²) in [5.41, 5.74) is -1.62. The van der Waals surface area contributed by atoms with Gasteiger partial charge in [0.15, 0.2) is 5.41 Å². The predicted molar refractivity (Wildman–Crippen MR) is 56.5 cm³/mol. The third-order valence-corrected chi connectivity index (χ3v) is 2.66. The molecule has 0 saturated carbocycles. The number of carboxylic acids is 1. The molecule has 1 N–H and O–H groups in total. The number of hydrogen-bond donors (Lipinski definition) is 1. The van der Waals surface area contributed by atoms with Gasteiger partial charge in [-0.1, -0.05) is 17.7 Å². The molecule has 0 radical (unpaired) electrons. The molecule has 0 aliphatic heterocycles. The second-order valence-corrected chi connectivity index (χ2v) is 4.03. The Morgan fingerprint density at radius 2 is 2.31 bits per heavy atom. The monoisotopic (exact) mass is 241 g/mol. The third kappa shape index (κ3) is 2.31. The Balaban J connectivity index is 3.15. The van der Waals surface area contributed by atoms with E-state index < -0.39 is 17.2 Å². The van der Waals surface area contributed by atoms with Crippen molar-refractivity contribution in [2.24, 2.45) is 5.41 Å². The van der Waals surface area contributed by atoms with Gasteiger partial charge in [-0.25, -0.2) is 4.39 Å². The summed E-state index contributed by atoms with van der Waals surface area (Å²) in [6.45, 7) is 1.23. The fraction of sp³-hybridized carbons (Fsp3) is 0.273. The molecule has 1 aromatic carbocycles. The van der Waals surface area contributed by atoms with Crippen LogP contribution in [0.1, 0.15) is 12.5 Å². The van der Waals surface area contributed by atoms with Gasteiger partial charge in [0.1, 0.15) is 5.82 Å². The SMILES string of the molecule is C[C@](C#N)(Cc1c(F)cccc1Cl)C(=O)O. The highest BCUT2D eigenvalue weighted by atomic mass is 35.5. The fourth-order valence-corrected chi connectivity index (χ4v) is 1.45. The quantitative estimate of drug-likeness (QED) is 0.885. The number of benzene rings is 1. The maximum atomic E-state index is 13.4. The van der Waals surface area contributed by atoms with Gasteiger partial charge in [0, 0.05) is 17.0 Å². The largest absolute Gasteiger partial charge is 0.480 e. The summed E-state index contributed by atoms with van der Waals surface area (Å²) < 4.78 is 13.4. The number of nitrogens with zero attached hydrogens (tertiary/aromatic N) is 1. The zero-order chi connectivity index (χ0) is 12.3. The van der Waals surface area contributed by atoms with Crippen LogP contribution in [0.2, 0.25) is 5.02 Å². The van der Waals surface area contributed by atoms with Crippen molar-refractivity contribution in [1.82, 2.24) is 0 Å². The molecular formula is C11H9ClFNO2. The maximum absolute atomic E-state index is 13.4. The Bertz CT molecular complexity index is 449. The van der Waals surface area contributed by atoms with Crippen molar-refractivity contribution in [3.63, 3.8) is 0 Å². The van der Waals surface area contributed by atoms with Crippen LogP contribution in [0.4, 0.5) is 4.39 Å². The van der Waals surface area contributed by atoms with Gasteiger partial charge in [0.2, 0.25) is 0 Å². The Hall–Kier alpha value is -1.60. The van der Waals surface area contributed by atoms with Crippen LogP contribution in [0.15, 0.2) is 18.2 Å².